The number of carbonyl (C=O) groups is 1. The van der Waals surface area contributed by atoms with Crippen molar-refractivity contribution in [3.05, 3.63) is 0 Å². The Hall–Kier alpha value is -0.280. The van der Waals surface area contributed by atoms with Crippen molar-refractivity contribution in [2.45, 2.75) is 45.4 Å². The Balaban J connectivity index is 0.00000133. The first kappa shape index (κ1) is 15.1. The first-order valence-corrected chi connectivity index (χ1v) is 7.72. The van der Waals surface area contributed by atoms with Gasteiger partial charge in [-0.25, -0.2) is 0 Å². The summed E-state index contributed by atoms with van der Waals surface area (Å²) in [6.07, 6.45) is 7.42. The van der Waals surface area contributed by atoms with Crippen LogP contribution in [0.1, 0.15) is 45.4 Å². The van der Waals surface area contributed by atoms with Gasteiger partial charge < -0.3 is 10.2 Å². The number of nitrogens with one attached hydrogen (secondary N) is 1. The molecule has 0 spiro atoms. The number of likely N-dealkylation sites (tertiary alicyclic amines) is 1. The van der Waals surface area contributed by atoms with Crippen molar-refractivity contribution in [3.8, 4) is 0 Å². The van der Waals surface area contributed by atoms with Crippen LogP contribution in [0.2, 0.25) is 0 Å². The lowest BCUT2D eigenvalue weighted by atomic mass is 9.67. The summed E-state index contributed by atoms with van der Waals surface area (Å²) in [6.45, 7) is 6.27. The van der Waals surface area contributed by atoms with Crippen LogP contribution in [0, 0.1) is 17.3 Å². The van der Waals surface area contributed by atoms with Crippen LogP contribution in [0.3, 0.4) is 0 Å². The summed E-state index contributed by atoms with van der Waals surface area (Å²) in [5.74, 6) is 1.77. The average Bonchev–Trinajstić information content (AvgIpc) is 2.82. The molecule has 0 radical (unpaired) electrons. The van der Waals surface area contributed by atoms with E-state index in [1.165, 1.54) is 32.1 Å². The van der Waals surface area contributed by atoms with Gasteiger partial charge in [-0.15, -0.1) is 12.4 Å². The minimum Gasteiger partial charge on any atom is -0.342 e. The largest absolute Gasteiger partial charge is 0.342 e. The fourth-order valence-electron chi connectivity index (χ4n) is 4.36. The number of piperidine rings is 1. The first-order chi connectivity index (χ1) is 8.72. The van der Waals surface area contributed by atoms with Crippen molar-refractivity contribution in [1.29, 1.82) is 0 Å². The molecule has 0 aromatic carbocycles. The number of nitrogens with zero attached hydrogens (tertiary/aromatic N) is 1. The third kappa shape index (κ3) is 2.64. The van der Waals surface area contributed by atoms with E-state index in [4.69, 9.17) is 0 Å². The van der Waals surface area contributed by atoms with E-state index in [1.807, 2.05) is 0 Å². The van der Waals surface area contributed by atoms with E-state index in [0.717, 1.165) is 32.6 Å². The van der Waals surface area contributed by atoms with Crippen LogP contribution >= 0.6 is 12.4 Å². The Morgan fingerprint density at radius 2 is 2.11 bits per heavy atom. The van der Waals surface area contributed by atoms with E-state index >= 15 is 0 Å². The quantitative estimate of drug-likeness (QED) is 0.803. The second-order valence-corrected chi connectivity index (χ2v) is 6.73. The van der Waals surface area contributed by atoms with Gasteiger partial charge in [0.25, 0.3) is 0 Å². The van der Waals surface area contributed by atoms with Crippen molar-refractivity contribution in [1.82, 2.24) is 10.2 Å². The van der Waals surface area contributed by atoms with Crippen molar-refractivity contribution in [2.75, 3.05) is 26.2 Å². The lowest BCUT2D eigenvalue weighted by molar-refractivity contribution is -0.147. The molecule has 3 fully saturated rings. The van der Waals surface area contributed by atoms with E-state index < -0.39 is 0 Å². The van der Waals surface area contributed by atoms with Gasteiger partial charge in [0.15, 0.2) is 0 Å². The predicted molar refractivity (Wildman–Crippen MR) is 79.5 cm³/mol. The Labute approximate surface area is 122 Å². The molecular weight excluding hydrogens is 260 g/mol. The minimum atomic E-state index is -0.0324. The number of carbonyl (C=O) groups excluding carboxylic acids is 1. The van der Waals surface area contributed by atoms with Gasteiger partial charge in [0, 0.05) is 19.6 Å². The second kappa shape index (κ2) is 6.01. The topological polar surface area (TPSA) is 32.3 Å². The van der Waals surface area contributed by atoms with Crippen LogP contribution < -0.4 is 5.32 Å². The highest BCUT2D eigenvalue weighted by Gasteiger charge is 2.51. The van der Waals surface area contributed by atoms with Crippen LogP contribution in [0.4, 0.5) is 0 Å². The molecule has 0 bridgehead atoms. The third-order valence-electron chi connectivity index (χ3n) is 5.41. The summed E-state index contributed by atoms with van der Waals surface area (Å²) in [5, 5.41) is 3.49. The zero-order valence-electron chi connectivity index (χ0n) is 12.0. The number of rotatable bonds is 1. The Morgan fingerprint density at radius 3 is 2.89 bits per heavy atom. The molecule has 0 aromatic rings. The Bertz CT molecular complexity index is 336. The maximum absolute atomic E-state index is 13.0. The standard InChI is InChI=1S/C15H26N2O.ClH/c1-12-5-4-8-17(10-12)14(18)15-7-3-2-6-13(15)9-16-11-15;/h12-13,16H,2-11H2,1H3;1H/t12?,13-,15+;/m0./s1. The number of hydrogen-bond acceptors (Lipinski definition) is 2. The summed E-state index contributed by atoms with van der Waals surface area (Å²) in [7, 11) is 0. The van der Waals surface area contributed by atoms with E-state index in [2.05, 4.69) is 17.1 Å². The molecule has 1 saturated carbocycles. The molecule has 1 unspecified atom stereocenters. The SMILES string of the molecule is CC1CCCN(C(=O)[C@@]23CCCC[C@H]2CNC3)C1.Cl. The van der Waals surface area contributed by atoms with Crippen LogP contribution in [0.5, 0.6) is 0 Å². The average molecular weight is 287 g/mol. The van der Waals surface area contributed by atoms with E-state index in [0.29, 0.717) is 17.7 Å². The van der Waals surface area contributed by atoms with Crippen molar-refractivity contribution in [2.24, 2.45) is 17.3 Å². The molecular formula is C15H27ClN2O. The fourth-order valence-corrected chi connectivity index (χ4v) is 4.36. The van der Waals surface area contributed by atoms with Crippen LogP contribution in [0.15, 0.2) is 0 Å². The molecule has 1 aliphatic carbocycles. The minimum absolute atomic E-state index is 0. The van der Waals surface area contributed by atoms with Crippen molar-refractivity contribution >= 4 is 18.3 Å². The predicted octanol–water partition coefficient (Wildman–Crippen LogP) is 2.45. The molecule has 3 aliphatic rings. The maximum atomic E-state index is 13.0. The zero-order valence-corrected chi connectivity index (χ0v) is 12.8. The van der Waals surface area contributed by atoms with Gasteiger partial charge in [-0.2, -0.15) is 0 Å². The summed E-state index contributed by atoms with van der Waals surface area (Å²) in [6, 6.07) is 0. The molecule has 3 rings (SSSR count). The lowest BCUT2D eigenvalue weighted by Crippen LogP contribution is -2.52. The maximum Gasteiger partial charge on any atom is 0.230 e. The van der Waals surface area contributed by atoms with E-state index in [9.17, 15) is 4.79 Å². The second-order valence-electron chi connectivity index (χ2n) is 6.73. The highest BCUT2D eigenvalue weighted by Crippen LogP contribution is 2.45. The highest BCUT2D eigenvalue weighted by molar-refractivity contribution is 5.85. The number of hydrogen-bond donors (Lipinski definition) is 1. The van der Waals surface area contributed by atoms with Crippen LogP contribution in [0.25, 0.3) is 0 Å². The van der Waals surface area contributed by atoms with Crippen molar-refractivity contribution in [3.63, 3.8) is 0 Å². The number of amides is 1. The summed E-state index contributed by atoms with van der Waals surface area (Å²) >= 11 is 0. The zero-order chi connectivity index (χ0) is 12.6. The third-order valence-corrected chi connectivity index (χ3v) is 5.41. The summed E-state index contributed by atoms with van der Waals surface area (Å²) in [5.41, 5.74) is -0.0324. The smallest absolute Gasteiger partial charge is 0.230 e. The molecule has 4 heteroatoms. The number of fused-ring (bicyclic) bond motifs is 1. The van der Waals surface area contributed by atoms with Gasteiger partial charge in [-0.3, -0.25) is 4.79 Å². The molecule has 19 heavy (non-hydrogen) atoms. The number of halogens is 1. The molecule has 3 atom stereocenters. The summed E-state index contributed by atoms with van der Waals surface area (Å²) < 4.78 is 0. The normalized spacial score (nSPS) is 38.5. The molecule has 2 aliphatic heterocycles. The molecule has 2 heterocycles. The molecule has 110 valence electrons. The highest BCUT2D eigenvalue weighted by atomic mass is 35.5. The Kier molecular flexibility index (Phi) is 4.78. The molecule has 1 N–H and O–H groups in total. The fraction of sp³-hybridized carbons (Fsp3) is 0.933. The first-order valence-electron chi connectivity index (χ1n) is 7.72. The van der Waals surface area contributed by atoms with E-state index in [-0.39, 0.29) is 17.8 Å². The van der Waals surface area contributed by atoms with Crippen LogP contribution in [-0.4, -0.2) is 37.0 Å². The van der Waals surface area contributed by atoms with Crippen LogP contribution in [-0.2, 0) is 4.79 Å². The van der Waals surface area contributed by atoms with Crippen molar-refractivity contribution < 1.29 is 4.79 Å². The van der Waals surface area contributed by atoms with E-state index in [1.54, 1.807) is 0 Å². The monoisotopic (exact) mass is 286 g/mol. The van der Waals surface area contributed by atoms with Gasteiger partial charge in [0.05, 0.1) is 5.41 Å². The molecule has 0 aromatic heterocycles. The van der Waals surface area contributed by atoms with Gasteiger partial charge in [-0.1, -0.05) is 19.8 Å². The molecule has 2 saturated heterocycles. The molecule has 1 amide bonds. The Morgan fingerprint density at radius 1 is 1.26 bits per heavy atom. The van der Waals surface area contributed by atoms with Gasteiger partial charge in [0.1, 0.15) is 0 Å². The lowest BCUT2D eigenvalue weighted by Gasteiger charge is -2.43. The molecule has 3 nitrogen and oxygen atoms in total. The van der Waals surface area contributed by atoms with Gasteiger partial charge in [-0.05, 0) is 44.1 Å². The summed E-state index contributed by atoms with van der Waals surface area (Å²) in [4.78, 5) is 15.2. The van der Waals surface area contributed by atoms with Gasteiger partial charge in [0.2, 0.25) is 5.91 Å². The van der Waals surface area contributed by atoms with Gasteiger partial charge >= 0.3 is 0 Å².